The molecule has 0 unspecified atom stereocenters. The summed E-state index contributed by atoms with van der Waals surface area (Å²) in [5.74, 6) is 1.77. The fourth-order valence-electron chi connectivity index (χ4n) is 12.8. The van der Waals surface area contributed by atoms with Crippen LogP contribution >= 0.6 is 0 Å². The molecule has 5 heterocycles. The minimum absolute atomic E-state index is 0.0524. The molecule has 0 bridgehead atoms. The molecule has 75 heavy (non-hydrogen) atoms. The van der Waals surface area contributed by atoms with E-state index in [1.807, 2.05) is 18.5 Å². The zero-order valence-electron chi connectivity index (χ0n) is 45.2. The Kier molecular flexibility index (Phi) is 11.2. The molecule has 0 spiro atoms. The van der Waals surface area contributed by atoms with Crippen molar-refractivity contribution in [3.05, 3.63) is 244 Å². The number of benzene rings is 7. The Hall–Kier alpha value is -8.09. The maximum atomic E-state index is 6.04. The fourth-order valence-corrected chi connectivity index (χ4v) is 12.8. The molecule has 0 saturated carbocycles. The molecule has 2 aliphatic heterocycles. The number of nitrogens with zero attached hydrogens (tertiary/aromatic N) is 6. The van der Waals surface area contributed by atoms with Crippen LogP contribution < -0.4 is 9.80 Å². The van der Waals surface area contributed by atoms with E-state index in [0.717, 1.165) is 56.6 Å². The zero-order valence-corrected chi connectivity index (χ0v) is 45.2. The predicted molar refractivity (Wildman–Crippen MR) is 314 cm³/mol. The lowest BCUT2D eigenvalue weighted by Gasteiger charge is -2.50. The Morgan fingerprint density at radius 2 is 1.16 bits per heavy atom. The van der Waals surface area contributed by atoms with E-state index in [2.05, 4.69) is 266 Å². The molecule has 12 rings (SSSR count). The number of hydrogen-bond donors (Lipinski definition) is 0. The SMILES string of the molecule is Cc1cc(C)c(N2C(c3cc(-c4ccccn4)cc(N4c5ccccc5C(C)(C)c5cc6c7ccccc7n(-c7cc(C(C)(C)C)ccn7)c6cc54)c3)=NC(C)(C)[C@]2(C)C(c2ccccc2)c2ccccc2)c(C)c1. The molecule has 372 valence electrons. The monoisotopic (exact) mass is 979 g/mol. The number of pyridine rings is 2. The van der Waals surface area contributed by atoms with Gasteiger partial charge in [-0.1, -0.05) is 155 Å². The Morgan fingerprint density at radius 3 is 1.84 bits per heavy atom. The normalized spacial score (nSPS) is 16.9. The number of hydrogen-bond acceptors (Lipinski definition) is 5. The van der Waals surface area contributed by atoms with Crippen molar-refractivity contribution in [3.8, 4) is 17.1 Å². The Labute approximate surface area is 443 Å². The van der Waals surface area contributed by atoms with Gasteiger partial charge in [0.15, 0.2) is 0 Å². The van der Waals surface area contributed by atoms with Crippen LogP contribution in [0.1, 0.15) is 111 Å². The van der Waals surface area contributed by atoms with Crippen molar-refractivity contribution in [1.82, 2.24) is 14.5 Å². The largest absolute Gasteiger partial charge is 0.316 e. The van der Waals surface area contributed by atoms with Crippen LogP contribution in [0.25, 0.3) is 38.9 Å². The van der Waals surface area contributed by atoms with Crippen molar-refractivity contribution in [1.29, 1.82) is 0 Å². The van der Waals surface area contributed by atoms with Gasteiger partial charge < -0.3 is 9.80 Å². The first-order valence-corrected chi connectivity index (χ1v) is 26.5. The van der Waals surface area contributed by atoms with E-state index in [0.29, 0.717) is 0 Å². The molecule has 3 aromatic heterocycles. The van der Waals surface area contributed by atoms with Gasteiger partial charge in [0.05, 0.1) is 39.2 Å². The highest BCUT2D eigenvalue weighted by molar-refractivity contribution is 6.16. The molecule has 6 heteroatoms. The summed E-state index contributed by atoms with van der Waals surface area (Å²) >= 11 is 0. The van der Waals surface area contributed by atoms with Gasteiger partial charge in [0.1, 0.15) is 11.7 Å². The summed E-state index contributed by atoms with van der Waals surface area (Å²) in [5.41, 5.74) is 18.0. The standard InChI is InChI=1S/C69H66N6/c1-44-36-45(2)64(46(3)37-44)75-65(72-68(9,10)69(75,11)63(47-24-14-12-15-25-47)48-26-16-13-17-27-48)50-38-49(57-30-22-23-34-70-57)39-52(40-50)73-59-32-21-19-29-55(59)67(7,8)56-42-54-53-28-18-20-31-58(53)74(60(54)43-61(56)73)62-41-51(33-35-71-62)66(4,5)6/h12-43,63H,1-11H3/t69-/m0/s1. The first kappa shape index (κ1) is 47.9. The highest BCUT2D eigenvalue weighted by atomic mass is 15.4. The predicted octanol–water partition coefficient (Wildman–Crippen LogP) is 17.2. The average Bonchev–Trinajstić information content (AvgIpc) is 3.96. The first-order chi connectivity index (χ1) is 36.0. The van der Waals surface area contributed by atoms with Crippen molar-refractivity contribution in [3.63, 3.8) is 0 Å². The molecule has 2 aliphatic rings. The van der Waals surface area contributed by atoms with E-state index in [4.69, 9.17) is 15.0 Å². The van der Waals surface area contributed by atoms with Gasteiger partial charge >= 0.3 is 0 Å². The molecule has 0 amide bonds. The molecule has 0 radical (unpaired) electrons. The molecule has 6 nitrogen and oxygen atoms in total. The van der Waals surface area contributed by atoms with Gasteiger partial charge in [-0.3, -0.25) is 14.5 Å². The average molecular weight is 979 g/mol. The van der Waals surface area contributed by atoms with Crippen molar-refractivity contribution >= 4 is 50.4 Å². The number of rotatable bonds is 8. The molecular formula is C69H66N6. The lowest BCUT2D eigenvalue weighted by molar-refractivity contribution is 0.279. The zero-order chi connectivity index (χ0) is 52.2. The van der Waals surface area contributed by atoms with Crippen molar-refractivity contribution in [2.24, 2.45) is 4.99 Å². The van der Waals surface area contributed by atoms with Crippen LogP contribution in [0.4, 0.5) is 22.7 Å². The topological polar surface area (TPSA) is 49.6 Å². The number of para-hydroxylation sites is 2. The van der Waals surface area contributed by atoms with Gasteiger partial charge in [0.2, 0.25) is 0 Å². The van der Waals surface area contributed by atoms with E-state index in [9.17, 15) is 0 Å². The van der Waals surface area contributed by atoms with E-state index in [1.165, 1.54) is 61.0 Å². The van der Waals surface area contributed by atoms with Crippen LogP contribution in [0.2, 0.25) is 0 Å². The number of aliphatic imine (C=N–C) groups is 1. The lowest BCUT2D eigenvalue weighted by Crippen LogP contribution is -2.60. The van der Waals surface area contributed by atoms with Crippen molar-refractivity contribution in [2.75, 3.05) is 9.80 Å². The summed E-state index contributed by atoms with van der Waals surface area (Å²) < 4.78 is 2.37. The summed E-state index contributed by atoms with van der Waals surface area (Å²) in [7, 11) is 0. The van der Waals surface area contributed by atoms with Gasteiger partial charge in [-0.15, -0.1) is 0 Å². The summed E-state index contributed by atoms with van der Waals surface area (Å²) in [4.78, 5) is 21.3. The lowest BCUT2D eigenvalue weighted by atomic mass is 9.66. The summed E-state index contributed by atoms with van der Waals surface area (Å²) in [6.45, 7) is 25.4. The number of fused-ring (bicyclic) bond motifs is 5. The molecule has 0 saturated heterocycles. The Balaban J connectivity index is 1.15. The van der Waals surface area contributed by atoms with Crippen LogP contribution in [0.5, 0.6) is 0 Å². The third-order valence-corrected chi connectivity index (χ3v) is 16.7. The molecule has 0 aliphatic carbocycles. The Bertz CT molecular complexity index is 3820. The minimum atomic E-state index is -0.608. The maximum absolute atomic E-state index is 6.04. The maximum Gasteiger partial charge on any atom is 0.137 e. The number of aryl methyl sites for hydroxylation is 3. The third kappa shape index (κ3) is 7.62. The molecule has 1 atom stereocenters. The van der Waals surface area contributed by atoms with Crippen LogP contribution in [-0.4, -0.2) is 31.4 Å². The van der Waals surface area contributed by atoms with E-state index in [-0.39, 0.29) is 16.7 Å². The van der Waals surface area contributed by atoms with E-state index in [1.54, 1.807) is 0 Å². The van der Waals surface area contributed by atoms with Gasteiger partial charge in [0.25, 0.3) is 0 Å². The third-order valence-electron chi connectivity index (χ3n) is 16.7. The van der Waals surface area contributed by atoms with Gasteiger partial charge in [-0.2, -0.15) is 0 Å². The van der Waals surface area contributed by atoms with Crippen molar-refractivity contribution in [2.45, 2.75) is 104 Å². The van der Waals surface area contributed by atoms with Gasteiger partial charge in [0, 0.05) is 57.0 Å². The second kappa shape index (κ2) is 17.5. The minimum Gasteiger partial charge on any atom is -0.316 e. The highest BCUT2D eigenvalue weighted by Gasteiger charge is 2.58. The summed E-state index contributed by atoms with van der Waals surface area (Å²) in [6, 6.07) is 67.2. The smallest absolute Gasteiger partial charge is 0.137 e. The van der Waals surface area contributed by atoms with Crippen LogP contribution in [0.15, 0.2) is 199 Å². The van der Waals surface area contributed by atoms with Crippen LogP contribution in [0.3, 0.4) is 0 Å². The number of anilines is 4. The first-order valence-electron chi connectivity index (χ1n) is 26.5. The summed E-state index contributed by atoms with van der Waals surface area (Å²) in [5, 5.41) is 2.41. The second-order valence-electron chi connectivity index (χ2n) is 23.3. The highest BCUT2D eigenvalue weighted by Crippen LogP contribution is 2.57. The quantitative estimate of drug-likeness (QED) is 0.152. The molecule has 7 aromatic carbocycles. The second-order valence-corrected chi connectivity index (χ2v) is 23.3. The van der Waals surface area contributed by atoms with Gasteiger partial charge in [-0.25, -0.2) is 4.98 Å². The molecule has 0 fully saturated rings. The van der Waals surface area contributed by atoms with Crippen molar-refractivity contribution < 1.29 is 0 Å². The fraction of sp³-hybridized carbons (Fsp3) is 0.232. The van der Waals surface area contributed by atoms with Gasteiger partial charge in [-0.05, 0) is 153 Å². The van der Waals surface area contributed by atoms with Crippen LogP contribution in [-0.2, 0) is 10.8 Å². The summed E-state index contributed by atoms with van der Waals surface area (Å²) in [6.07, 6.45) is 3.87. The molecule has 0 N–H and O–H groups in total. The molecular weight excluding hydrogens is 913 g/mol. The number of aromatic nitrogens is 3. The molecule has 10 aromatic rings. The van der Waals surface area contributed by atoms with E-state index >= 15 is 0 Å². The van der Waals surface area contributed by atoms with E-state index < -0.39 is 11.1 Å². The Morgan fingerprint density at radius 1 is 0.520 bits per heavy atom. The van der Waals surface area contributed by atoms with Crippen LogP contribution in [0, 0.1) is 20.8 Å². The number of amidine groups is 1.